The average Bonchev–Trinajstić information content (AvgIpc) is 2.16. The number of aromatic amines is 1. The van der Waals surface area contributed by atoms with Gasteiger partial charge < -0.3 is 9.72 Å². The first-order valence-corrected chi connectivity index (χ1v) is 5.67. The Labute approximate surface area is 100 Å². The van der Waals surface area contributed by atoms with Gasteiger partial charge in [0.05, 0.1) is 6.61 Å². The molecule has 88 valence electrons. The Morgan fingerprint density at radius 2 is 2.19 bits per heavy atom. The monoisotopic (exact) mass is 240 g/mol. The predicted molar refractivity (Wildman–Crippen MR) is 63.8 cm³/mol. The highest BCUT2D eigenvalue weighted by Crippen LogP contribution is 2.11. The molecule has 1 heterocycles. The molecule has 1 rings (SSSR count). The van der Waals surface area contributed by atoms with Crippen LogP contribution in [0.3, 0.4) is 0 Å². The molecular weight excluding hydrogens is 224 g/mol. The molecule has 4 nitrogen and oxygen atoms in total. The number of rotatable bonds is 4. The van der Waals surface area contributed by atoms with Crippen molar-refractivity contribution in [2.45, 2.75) is 33.6 Å². The van der Waals surface area contributed by atoms with Crippen LogP contribution in [0.25, 0.3) is 0 Å². The van der Waals surface area contributed by atoms with Gasteiger partial charge in [0.2, 0.25) is 0 Å². The molecule has 0 saturated heterocycles. The Morgan fingerprint density at radius 3 is 2.75 bits per heavy atom. The molecule has 1 aromatic heterocycles. The van der Waals surface area contributed by atoms with Crippen molar-refractivity contribution in [1.82, 2.24) is 9.97 Å². The highest BCUT2D eigenvalue weighted by Gasteiger charge is 2.08. The zero-order chi connectivity index (χ0) is 12.1. The number of hydrogen-bond donors (Lipinski definition) is 1. The number of aromatic nitrogens is 2. The normalized spacial score (nSPS) is 10.2. The van der Waals surface area contributed by atoms with Crippen LogP contribution < -0.4 is 0 Å². The topological polar surface area (TPSA) is 55.0 Å². The maximum absolute atomic E-state index is 11.2. The molecule has 0 aliphatic rings. The zero-order valence-corrected chi connectivity index (χ0v) is 10.6. The van der Waals surface area contributed by atoms with Gasteiger partial charge in [-0.05, 0) is 45.0 Å². The van der Waals surface area contributed by atoms with E-state index in [1.807, 2.05) is 13.8 Å². The summed E-state index contributed by atoms with van der Waals surface area (Å²) in [4.78, 5) is 18.4. The van der Waals surface area contributed by atoms with E-state index >= 15 is 0 Å². The first-order chi connectivity index (χ1) is 7.54. The number of esters is 1. The minimum atomic E-state index is -0.177. The van der Waals surface area contributed by atoms with Crippen LogP contribution in [0.2, 0.25) is 0 Å². The van der Waals surface area contributed by atoms with Gasteiger partial charge in [-0.2, -0.15) is 0 Å². The molecule has 16 heavy (non-hydrogen) atoms. The lowest BCUT2D eigenvalue weighted by Crippen LogP contribution is -2.08. The number of nitrogens with zero attached hydrogens (tertiary/aromatic N) is 1. The van der Waals surface area contributed by atoms with Crippen molar-refractivity contribution in [3.63, 3.8) is 0 Å². The largest absolute Gasteiger partial charge is 0.466 e. The fourth-order valence-corrected chi connectivity index (χ4v) is 1.87. The number of carbonyl (C=O) groups is 1. The van der Waals surface area contributed by atoms with E-state index < -0.39 is 0 Å². The molecule has 0 radical (unpaired) electrons. The van der Waals surface area contributed by atoms with Crippen molar-refractivity contribution < 1.29 is 9.53 Å². The quantitative estimate of drug-likeness (QED) is 0.648. The second-order valence-electron chi connectivity index (χ2n) is 3.54. The molecular formula is C11H16N2O2S. The Bertz CT molecular complexity index is 414. The first kappa shape index (κ1) is 12.8. The number of carbonyl (C=O) groups excluding carboxylic acids is 1. The van der Waals surface area contributed by atoms with Crippen LogP contribution in [0.1, 0.15) is 30.3 Å². The van der Waals surface area contributed by atoms with E-state index in [0.29, 0.717) is 24.2 Å². The van der Waals surface area contributed by atoms with E-state index in [2.05, 4.69) is 9.97 Å². The Morgan fingerprint density at radius 1 is 1.50 bits per heavy atom. The van der Waals surface area contributed by atoms with E-state index in [1.54, 1.807) is 6.92 Å². The molecule has 1 aromatic rings. The van der Waals surface area contributed by atoms with Crippen LogP contribution in [-0.2, 0) is 16.0 Å². The predicted octanol–water partition coefficient (Wildman–Crippen LogP) is 2.25. The molecule has 0 fully saturated rings. The minimum absolute atomic E-state index is 0.177. The fraction of sp³-hybridized carbons (Fsp3) is 0.545. The van der Waals surface area contributed by atoms with Gasteiger partial charge in [-0.3, -0.25) is 4.79 Å². The summed E-state index contributed by atoms with van der Waals surface area (Å²) >= 11 is 4.97. The molecule has 0 aromatic carbocycles. The van der Waals surface area contributed by atoms with Crippen molar-refractivity contribution in [3.8, 4) is 0 Å². The fourth-order valence-electron chi connectivity index (χ4n) is 1.58. The molecule has 0 aliphatic carbocycles. The highest BCUT2D eigenvalue weighted by atomic mass is 32.1. The second kappa shape index (κ2) is 5.75. The first-order valence-electron chi connectivity index (χ1n) is 5.26. The Hall–Kier alpha value is -1.23. The highest BCUT2D eigenvalue weighted by molar-refractivity contribution is 7.71. The van der Waals surface area contributed by atoms with Gasteiger partial charge in [0.1, 0.15) is 0 Å². The standard InChI is InChI=1S/C11H16N2O2S/c1-4-15-10(14)6-5-9-7(2)12-11(16)13-8(9)3/h4-6H2,1-3H3,(H,12,13,16). The van der Waals surface area contributed by atoms with Gasteiger partial charge in [-0.1, -0.05) is 0 Å². The molecule has 0 saturated carbocycles. The van der Waals surface area contributed by atoms with Crippen molar-refractivity contribution in [1.29, 1.82) is 0 Å². The lowest BCUT2D eigenvalue weighted by Gasteiger charge is -2.08. The second-order valence-corrected chi connectivity index (χ2v) is 3.92. The summed E-state index contributed by atoms with van der Waals surface area (Å²) in [6, 6.07) is 0. The van der Waals surface area contributed by atoms with E-state index in [1.165, 1.54) is 0 Å². The lowest BCUT2D eigenvalue weighted by atomic mass is 10.1. The Balaban J connectivity index is 2.74. The van der Waals surface area contributed by atoms with Crippen LogP contribution in [0.5, 0.6) is 0 Å². The summed E-state index contributed by atoms with van der Waals surface area (Å²) in [6.07, 6.45) is 1.01. The van der Waals surface area contributed by atoms with Gasteiger partial charge in [0.25, 0.3) is 0 Å². The average molecular weight is 240 g/mol. The maximum Gasteiger partial charge on any atom is 0.306 e. The minimum Gasteiger partial charge on any atom is -0.466 e. The van der Waals surface area contributed by atoms with Gasteiger partial charge >= 0.3 is 5.97 Å². The number of aryl methyl sites for hydroxylation is 2. The van der Waals surface area contributed by atoms with Gasteiger partial charge in [0.15, 0.2) is 4.77 Å². The van der Waals surface area contributed by atoms with Crippen LogP contribution in [0, 0.1) is 18.6 Å². The smallest absolute Gasteiger partial charge is 0.306 e. The van der Waals surface area contributed by atoms with Crippen molar-refractivity contribution in [2.24, 2.45) is 0 Å². The number of ether oxygens (including phenoxy) is 1. The van der Waals surface area contributed by atoms with E-state index in [0.717, 1.165) is 17.0 Å². The summed E-state index contributed by atoms with van der Waals surface area (Å²) in [5.74, 6) is -0.177. The van der Waals surface area contributed by atoms with Crippen LogP contribution in [0.4, 0.5) is 0 Å². The Kier molecular flexibility index (Phi) is 4.61. The lowest BCUT2D eigenvalue weighted by molar-refractivity contribution is -0.143. The van der Waals surface area contributed by atoms with Crippen LogP contribution in [-0.4, -0.2) is 22.5 Å². The summed E-state index contributed by atoms with van der Waals surface area (Å²) in [7, 11) is 0. The van der Waals surface area contributed by atoms with Crippen molar-refractivity contribution in [3.05, 3.63) is 21.7 Å². The van der Waals surface area contributed by atoms with Crippen molar-refractivity contribution in [2.75, 3.05) is 6.61 Å². The summed E-state index contributed by atoms with van der Waals surface area (Å²) in [5, 5.41) is 0. The number of hydrogen-bond acceptors (Lipinski definition) is 4. The van der Waals surface area contributed by atoms with Gasteiger partial charge in [-0.15, -0.1) is 0 Å². The van der Waals surface area contributed by atoms with E-state index in [-0.39, 0.29) is 5.97 Å². The molecule has 0 aliphatic heterocycles. The van der Waals surface area contributed by atoms with E-state index in [4.69, 9.17) is 17.0 Å². The number of nitrogens with one attached hydrogen (secondary N) is 1. The SMILES string of the molecule is CCOC(=O)CCc1c(C)nc(=S)[nH]c1C. The third kappa shape index (κ3) is 3.41. The summed E-state index contributed by atoms with van der Waals surface area (Å²) < 4.78 is 5.36. The van der Waals surface area contributed by atoms with Crippen LogP contribution in [0.15, 0.2) is 0 Å². The molecule has 0 amide bonds. The maximum atomic E-state index is 11.2. The third-order valence-electron chi connectivity index (χ3n) is 2.34. The summed E-state index contributed by atoms with van der Waals surface area (Å²) in [6.45, 7) is 6.06. The zero-order valence-electron chi connectivity index (χ0n) is 9.79. The molecule has 0 atom stereocenters. The summed E-state index contributed by atoms with van der Waals surface area (Å²) in [5.41, 5.74) is 2.90. The molecule has 0 spiro atoms. The molecule has 1 N–H and O–H groups in total. The number of H-pyrrole nitrogens is 1. The molecule has 0 bridgehead atoms. The van der Waals surface area contributed by atoms with E-state index in [9.17, 15) is 4.79 Å². The third-order valence-corrected chi connectivity index (χ3v) is 2.53. The van der Waals surface area contributed by atoms with Gasteiger partial charge in [-0.25, -0.2) is 4.98 Å². The van der Waals surface area contributed by atoms with Gasteiger partial charge in [0, 0.05) is 17.8 Å². The van der Waals surface area contributed by atoms with Crippen molar-refractivity contribution >= 4 is 18.2 Å². The van der Waals surface area contributed by atoms with Crippen LogP contribution >= 0.6 is 12.2 Å². The molecule has 0 unspecified atom stereocenters. The molecule has 5 heteroatoms.